The average molecular weight is 257 g/mol. The van der Waals surface area contributed by atoms with Gasteiger partial charge < -0.3 is 10.6 Å². The van der Waals surface area contributed by atoms with Crippen LogP contribution in [-0.4, -0.2) is 17.5 Å². The minimum Gasteiger partial charge on any atom is -0.384 e. The molecule has 1 heterocycles. The molecule has 1 atom stereocenters. The smallest absolute Gasteiger partial charge is 0.201 e. The second kappa shape index (κ2) is 6.12. The molecule has 1 aliphatic rings. The van der Waals surface area contributed by atoms with Crippen molar-refractivity contribution in [3.8, 4) is 18.2 Å². The van der Waals surface area contributed by atoms with Crippen molar-refractivity contribution in [3.05, 3.63) is 11.4 Å². The number of hydrogen-bond donors (Lipinski definition) is 1. The molecule has 1 aliphatic heterocycles. The van der Waals surface area contributed by atoms with Crippen LogP contribution in [0.5, 0.6) is 0 Å². The van der Waals surface area contributed by atoms with Crippen molar-refractivity contribution in [2.24, 2.45) is 11.1 Å². The van der Waals surface area contributed by atoms with Crippen molar-refractivity contribution in [1.29, 1.82) is 15.8 Å². The van der Waals surface area contributed by atoms with Crippen LogP contribution < -0.4 is 5.73 Å². The molecular formula is C14H19N5. The molecule has 0 radical (unpaired) electrons. The number of nitrogens with zero attached hydrogens (tertiary/aromatic N) is 4. The third kappa shape index (κ3) is 2.23. The maximum Gasteiger partial charge on any atom is 0.201 e. The molecule has 1 rings (SSSR count). The summed E-state index contributed by atoms with van der Waals surface area (Å²) in [6.45, 7) is 4.71. The first-order chi connectivity index (χ1) is 9.12. The van der Waals surface area contributed by atoms with Gasteiger partial charge >= 0.3 is 0 Å². The highest BCUT2D eigenvalue weighted by Crippen LogP contribution is 2.43. The van der Waals surface area contributed by atoms with Gasteiger partial charge in [-0.05, 0) is 12.8 Å². The van der Waals surface area contributed by atoms with E-state index in [0.717, 1.165) is 19.3 Å². The lowest BCUT2D eigenvalue weighted by Gasteiger charge is -2.31. The first-order valence-electron chi connectivity index (χ1n) is 6.62. The van der Waals surface area contributed by atoms with Crippen LogP contribution >= 0.6 is 0 Å². The van der Waals surface area contributed by atoms with E-state index in [4.69, 9.17) is 5.73 Å². The molecule has 100 valence electrons. The molecule has 1 unspecified atom stereocenters. The Hall–Kier alpha value is -2.19. The minimum absolute atomic E-state index is 0.112. The van der Waals surface area contributed by atoms with Crippen LogP contribution in [0, 0.1) is 39.4 Å². The molecular weight excluding hydrogens is 238 g/mol. The summed E-state index contributed by atoms with van der Waals surface area (Å²) in [7, 11) is 0. The van der Waals surface area contributed by atoms with Crippen LogP contribution in [0.1, 0.15) is 39.5 Å². The summed E-state index contributed by atoms with van der Waals surface area (Å²) < 4.78 is 0. The van der Waals surface area contributed by atoms with Crippen molar-refractivity contribution in [1.82, 2.24) is 4.90 Å². The number of unbranched alkanes of at least 4 members (excludes halogenated alkanes) is 2. The Kier molecular flexibility index (Phi) is 4.79. The summed E-state index contributed by atoms with van der Waals surface area (Å²) in [5.41, 5.74) is 4.68. The van der Waals surface area contributed by atoms with Crippen LogP contribution in [-0.2, 0) is 0 Å². The van der Waals surface area contributed by atoms with E-state index in [1.807, 2.05) is 30.0 Å². The Balaban J connectivity index is 3.16. The highest BCUT2D eigenvalue weighted by molar-refractivity contribution is 5.50. The lowest BCUT2D eigenvalue weighted by atomic mass is 9.78. The summed E-state index contributed by atoms with van der Waals surface area (Å²) in [5.74, 6) is 0.300. The molecule has 0 aromatic rings. The third-order valence-corrected chi connectivity index (χ3v) is 3.69. The molecule has 5 nitrogen and oxygen atoms in total. The second-order valence-electron chi connectivity index (χ2n) is 4.73. The zero-order chi connectivity index (χ0) is 14.5. The Morgan fingerprint density at radius 2 is 1.84 bits per heavy atom. The van der Waals surface area contributed by atoms with Crippen LogP contribution in [0.25, 0.3) is 0 Å². The molecule has 0 amide bonds. The molecule has 0 bridgehead atoms. The summed E-state index contributed by atoms with van der Waals surface area (Å²) in [6, 6.07) is 5.67. The van der Waals surface area contributed by atoms with Gasteiger partial charge in [-0.2, -0.15) is 15.8 Å². The molecule has 0 aromatic carbocycles. The largest absolute Gasteiger partial charge is 0.384 e. The van der Waals surface area contributed by atoms with Crippen LogP contribution in [0.3, 0.4) is 0 Å². The normalized spacial score (nSPS) is 20.8. The highest BCUT2D eigenvalue weighted by Gasteiger charge is 2.53. The van der Waals surface area contributed by atoms with E-state index in [-0.39, 0.29) is 11.6 Å². The number of hydrogen-bond acceptors (Lipinski definition) is 5. The Labute approximate surface area is 114 Å². The second-order valence-corrected chi connectivity index (χ2v) is 4.73. The predicted octanol–water partition coefficient (Wildman–Crippen LogP) is 2.00. The maximum absolute atomic E-state index is 9.39. The first kappa shape index (κ1) is 14.9. The Morgan fingerprint density at radius 1 is 1.21 bits per heavy atom. The fraction of sp³-hybridized carbons (Fsp3) is 0.643. The quantitative estimate of drug-likeness (QED) is 0.759. The number of nitriles is 3. The maximum atomic E-state index is 9.39. The fourth-order valence-electron chi connectivity index (χ4n) is 2.68. The lowest BCUT2D eigenvalue weighted by Crippen LogP contribution is -2.41. The van der Waals surface area contributed by atoms with Crippen LogP contribution in [0.2, 0.25) is 0 Å². The summed E-state index contributed by atoms with van der Waals surface area (Å²) in [6.07, 6.45) is 3.70. The molecule has 0 fully saturated rings. The minimum atomic E-state index is -1.42. The van der Waals surface area contributed by atoms with Crippen molar-refractivity contribution in [3.63, 3.8) is 0 Å². The van der Waals surface area contributed by atoms with E-state index in [1.54, 1.807) is 0 Å². The highest BCUT2D eigenvalue weighted by atomic mass is 15.3. The zero-order valence-electron chi connectivity index (χ0n) is 11.5. The fourth-order valence-corrected chi connectivity index (χ4v) is 2.68. The van der Waals surface area contributed by atoms with Gasteiger partial charge in [0.15, 0.2) is 0 Å². The standard InChI is InChI=1S/C14H19N5/c1-3-5-6-7-19-12(4-2)14(9-16,10-17)11(8-15)13(19)18/h12H,3-7,18H2,1-2H3. The molecule has 0 aliphatic carbocycles. The van der Waals surface area contributed by atoms with Gasteiger partial charge in [-0.3, -0.25) is 0 Å². The van der Waals surface area contributed by atoms with Gasteiger partial charge in [-0.25, -0.2) is 0 Å². The van der Waals surface area contributed by atoms with Gasteiger partial charge in [-0.15, -0.1) is 0 Å². The monoisotopic (exact) mass is 257 g/mol. The first-order valence-corrected chi connectivity index (χ1v) is 6.62. The van der Waals surface area contributed by atoms with Crippen molar-refractivity contribution >= 4 is 0 Å². The van der Waals surface area contributed by atoms with Gasteiger partial charge in [-0.1, -0.05) is 26.7 Å². The van der Waals surface area contributed by atoms with Gasteiger partial charge in [0.05, 0.1) is 18.2 Å². The predicted molar refractivity (Wildman–Crippen MR) is 70.8 cm³/mol. The number of nitrogens with two attached hydrogens (primary N) is 1. The van der Waals surface area contributed by atoms with Crippen molar-refractivity contribution in [2.45, 2.75) is 45.6 Å². The van der Waals surface area contributed by atoms with Crippen molar-refractivity contribution < 1.29 is 0 Å². The van der Waals surface area contributed by atoms with E-state index in [1.165, 1.54) is 0 Å². The van der Waals surface area contributed by atoms with Gasteiger partial charge in [0.25, 0.3) is 0 Å². The van der Waals surface area contributed by atoms with Gasteiger partial charge in [0.2, 0.25) is 5.41 Å². The Bertz CT molecular complexity index is 471. The van der Waals surface area contributed by atoms with E-state index in [0.29, 0.717) is 18.8 Å². The summed E-state index contributed by atoms with van der Waals surface area (Å²) >= 11 is 0. The topological polar surface area (TPSA) is 101 Å². The van der Waals surface area contributed by atoms with Gasteiger partial charge in [0, 0.05) is 6.54 Å². The summed E-state index contributed by atoms with van der Waals surface area (Å²) in [5, 5.41) is 28.0. The molecule has 0 spiro atoms. The molecule has 5 heteroatoms. The molecule has 0 saturated heterocycles. The van der Waals surface area contributed by atoms with E-state index in [2.05, 4.69) is 6.92 Å². The van der Waals surface area contributed by atoms with Crippen molar-refractivity contribution in [2.75, 3.05) is 6.54 Å². The van der Waals surface area contributed by atoms with Crippen LogP contribution in [0.4, 0.5) is 0 Å². The molecule has 19 heavy (non-hydrogen) atoms. The van der Waals surface area contributed by atoms with Gasteiger partial charge in [0.1, 0.15) is 17.5 Å². The number of rotatable bonds is 5. The van der Waals surface area contributed by atoms with Crippen LogP contribution in [0.15, 0.2) is 11.4 Å². The summed E-state index contributed by atoms with van der Waals surface area (Å²) in [4.78, 5) is 1.86. The average Bonchev–Trinajstić information content (AvgIpc) is 2.67. The van der Waals surface area contributed by atoms with E-state index < -0.39 is 5.41 Å². The third-order valence-electron chi connectivity index (χ3n) is 3.69. The molecule has 2 N–H and O–H groups in total. The SMILES string of the molecule is CCCCCN1C(N)=C(C#N)C(C#N)(C#N)C1CC. The lowest BCUT2D eigenvalue weighted by molar-refractivity contribution is 0.218. The Morgan fingerprint density at radius 3 is 2.26 bits per heavy atom. The molecule has 0 aromatic heterocycles. The zero-order valence-corrected chi connectivity index (χ0v) is 11.5. The molecule has 0 saturated carbocycles. The van der Waals surface area contributed by atoms with E-state index in [9.17, 15) is 15.8 Å². The van der Waals surface area contributed by atoms with E-state index >= 15 is 0 Å².